The molecule has 1 aromatic rings. The van der Waals surface area contributed by atoms with Gasteiger partial charge in [-0.1, -0.05) is 0 Å². The molecule has 0 aliphatic carbocycles. The molecule has 0 unspecified atom stereocenters. The van der Waals surface area contributed by atoms with Gasteiger partial charge in [-0.2, -0.15) is 0 Å². The molecule has 0 bridgehead atoms. The Morgan fingerprint density at radius 1 is 1.47 bits per heavy atom. The van der Waals surface area contributed by atoms with Crippen molar-refractivity contribution in [1.29, 1.82) is 0 Å². The highest BCUT2D eigenvalue weighted by Crippen LogP contribution is 2.27. The van der Waals surface area contributed by atoms with Crippen LogP contribution in [0.15, 0.2) is 12.1 Å². The van der Waals surface area contributed by atoms with Crippen LogP contribution in [0.1, 0.15) is 35.3 Å². The maximum Gasteiger partial charge on any atom is 0.252 e. The molecule has 15 heavy (non-hydrogen) atoms. The van der Waals surface area contributed by atoms with Crippen LogP contribution in [-0.4, -0.2) is 11.0 Å². The predicted octanol–water partition coefficient (Wildman–Crippen LogP) is 1.30. The molecule has 0 atom stereocenters. The zero-order valence-corrected chi connectivity index (χ0v) is 8.60. The summed E-state index contributed by atoms with van der Waals surface area (Å²) in [7, 11) is 0. The van der Waals surface area contributed by atoms with Crippen LogP contribution in [0.2, 0.25) is 0 Å². The van der Waals surface area contributed by atoms with Crippen molar-refractivity contribution in [3.05, 3.63) is 34.6 Å². The van der Waals surface area contributed by atoms with Gasteiger partial charge in [0, 0.05) is 17.7 Å². The van der Waals surface area contributed by atoms with Crippen molar-refractivity contribution in [2.24, 2.45) is 0 Å². The topological polar surface area (TPSA) is 49.3 Å². The first-order valence-electron chi connectivity index (χ1n) is 4.73. The Kier molecular flexibility index (Phi) is 2.04. The summed E-state index contributed by atoms with van der Waals surface area (Å²) in [6.07, 6.45) is 0. The first kappa shape index (κ1) is 10.1. The summed E-state index contributed by atoms with van der Waals surface area (Å²) in [5, 5.41) is 12.3. The van der Waals surface area contributed by atoms with E-state index in [1.807, 2.05) is 0 Å². The maximum absolute atomic E-state index is 13.6. The molecule has 2 rings (SSSR count). The fraction of sp³-hybridized carbons (Fsp3) is 0.364. The molecule has 1 heterocycles. The minimum Gasteiger partial charge on any atom is -0.386 e. The molecule has 3 nitrogen and oxygen atoms in total. The van der Waals surface area contributed by atoms with Gasteiger partial charge in [0.2, 0.25) is 0 Å². The minimum absolute atomic E-state index is 0.228. The summed E-state index contributed by atoms with van der Waals surface area (Å²) in [6, 6.07) is 2.82. The molecule has 2 N–H and O–H groups in total. The van der Waals surface area contributed by atoms with Crippen LogP contribution >= 0.6 is 0 Å². The quantitative estimate of drug-likeness (QED) is 0.732. The van der Waals surface area contributed by atoms with Crippen LogP contribution in [0.4, 0.5) is 4.39 Å². The summed E-state index contributed by atoms with van der Waals surface area (Å²) >= 11 is 0. The van der Waals surface area contributed by atoms with E-state index in [9.17, 15) is 14.3 Å². The number of halogens is 1. The van der Waals surface area contributed by atoms with Gasteiger partial charge in [-0.05, 0) is 31.5 Å². The van der Waals surface area contributed by atoms with Gasteiger partial charge < -0.3 is 10.4 Å². The Hall–Kier alpha value is -1.42. The highest BCUT2D eigenvalue weighted by atomic mass is 19.1. The maximum atomic E-state index is 13.6. The highest BCUT2D eigenvalue weighted by molar-refractivity contribution is 5.98. The van der Waals surface area contributed by atoms with E-state index in [2.05, 4.69) is 5.32 Å². The molecule has 1 aliphatic rings. The van der Waals surface area contributed by atoms with Crippen LogP contribution in [0.5, 0.6) is 0 Å². The highest BCUT2D eigenvalue weighted by Gasteiger charge is 2.26. The van der Waals surface area contributed by atoms with Crippen molar-refractivity contribution >= 4 is 5.91 Å². The van der Waals surface area contributed by atoms with E-state index in [0.717, 1.165) is 0 Å². The van der Waals surface area contributed by atoms with E-state index >= 15 is 0 Å². The molecular weight excluding hydrogens is 197 g/mol. The smallest absolute Gasteiger partial charge is 0.252 e. The summed E-state index contributed by atoms with van der Waals surface area (Å²) in [5.41, 5.74) is -0.0189. The number of nitrogens with one attached hydrogen (secondary N) is 1. The number of hydrogen-bond acceptors (Lipinski definition) is 2. The Morgan fingerprint density at radius 3 is 2.73 bits per heavy atom. The number of carbonyl (C=O) groups excluding carboxylic acids is 1. The van der Waals surface area contributed by atoms with E-state index in [1.54, 1.807) is 19.9 Å². The zero-order valence-electron chi connectivity index (χ0n) is 8.60. The Labute approximate surface area is 86.9 Å². The van der Waals surface area contributed by atoms with Crippen molar-refractivity contribution < 1.29 is 14.3 Å². The van der Waals surface area contributed by atoms with Gasteiger partial charge in [-0.25, -0.2) is 4.39 Å². The predicted molar refractivity (Wildman–Crippen MR) is 52.8 cm³/mol. The molecule has 4 heteroatoms. The first-order valence-corrected chi connectivity index (χ1v) is 4.73. The van der Waals surface area contributed by atoms with Crippen molar-refractivity contribution in [2.45, 2.75) is 26.0 Å². The lowest BCUT2D eigenvalue weighted by atomic mass is 9.94. The second kappa shape index (κ2) is 3.03. The number of benzene rings is 1. The molecule has 1 aliphatic heterocycles. The Morgan fingerprint density at radius 2 is 2.13 bits per heavy atom. The molecule has 0 aromatic heterocycles. The lowest BCUT2D eigenvalue weighted by Gasteiger charge is -2.18. The molecule has 0 fully saturated rings. The average molecular weight is 209 g/mol. The minimum atomic E-state index is -1.14. The fourth-order valence-corrected chi connectivity index (χ4v) is 1.64. The van der Waals surface area contributed by atoms with E-state index in [-0.39, 0.29) is 12.5 Å². The van der Waals surface area contributed by atoms with Crippen molar-refractivity contribution in [3.8, 4) is 0 Å². The third-order valence-corrected chi connectivity index (χ3v) is 2.57. The Bertz CT molecular complexity index is 435. The van der Waals surface area contributed by atoms with Gasteiger partial charge in [0.25, 0.3) is 5.91 Å². The second-order valence-electron chi connectivity index (χ2n) is 4.23. The van der Waals surface area contributed by atoms with Gasteiger partial charge in [0.1, 0.15) is 5.82 Å². The van der Waals surface area contributed by atoms with Gasteiger partial charge in [-0.15, -0.1) is 0 Å². The molecule has 1 aromatic carbocycles. The summed E-state index contributed by atoms with van der Waals surface area (Å²) in [4.78, 5) is 11.3. The van der Waals surface area contributed by atoms with Crippen molar-refractivity contribution in [2.75, 3.05) is 0 Å². The van der Waals surface area contributed by atoms with Gasteiger partial charge in [-0.3, -0.25) is 4.79 Å². The van der Waals surface area contributed by atoms with Crippen molar-refractivity contribution in [1.82, 2.24) is 5.32 Å². The molecule has 0 saturated heterocycles. The zero-order chi connectivity index (χ0) is 11.2. The number of amides is 1. The number of aliphatic hydroxyl groups is 1. The summed E-state index contributed by atoms with van der Waals surface area (Å²) in [5.74, 6) is -0.724. The van der Waals surface area contributed by atoms with Crippen LogP contribution in [0, 0.1) is 5.82 Å². The monoisotopic (exact) mass is 209 g/mol. The number of hydrogen-bond donors (Lipinski definition) is 2. The lowest BCUT2D eigenvalue weighted by Crippen LogP contribution is -2.17. The normalized spacial score (nSPS) is 15.1. The standard InChI is InChI=1S/C11H12FNO2/c1-11(2,15)6-3-7-8(9(12)4-6)5-13-10(7)14/h3-4,15H,5H2,1-2H3,(H,13,14). The SMILES string of the molecule is CC(C)(O)c1cc(F)c2c(c1)C(=O)NC2. The molecule has 80 valence electrons. The molecule has 0 saturated carbocycles. The van der Waals surface area contributed by atoms with Crippen LogP contribution in [-0.2, 0) is 12.1 Å². The summed E-state index contributed by atoms with van der Waals surface area (Å²) < 4.78 is 13.6. The number of fused-ring (bicyclic) bond motifs is 1. The molecule has 1 amide bonds. The second-order valence-corrected chi connectivity index (χ2v) is 4.23. The van der Waals surface area contributed by atoms with Crippen LogP contribution < -0.4 is 5.32 Å². The van der Waals surface area contributed by atoms with Crippen molar-refractivity contribution in [3.63, 3.8) is 0 Å². The summed E-state index contributed by atoms with van der Waals surface area (Å²) in [6.45, 7) is 3.34. The van der Waals surface area contributed by atoms with Crippen LogP contribution in [0.3, 0.4) is 0 Å². The lowest BCUT2D eigenvalue weighted by molar-refractivity contribution is 0.0781. The van der Waals surface area contributed by atoms with Gasteiger partial charge in [0.05, 0.1) is 5.60 Å². The molecule has 0 spiro atoms. The number of rotatable bonds is 1. The van der Waals surface area contributed by atoms with E-state index in [1.165, 1.54) is 6.07 Å². The molecule has 0 radical (unpaired) electrons. The fourth-order valence-electron chi connectivity index (χ4n) is 1.64. The average Bonchev–Trinajstić information content (AvgIpc) is 2.47. The van der Waals surface area contributed by atoms with E-state index in [4.69, 9.17) is 0 Å². The third kappa shape index (κ3) is 1.61. The Balaban J connectivity index is 2.61. The largest absolute Gasteiger partial charge is 0.386 e. The third-order valence-electron chi connectivity index (χ3n) is 2.57. The van der Waals surface area contributed by atoms with E-state index in [0.29, 0.717) is 16.7 Å². The first-order chi connectivity index (χ1) is 6.89. The van der Waals surface area contributed by atoms with Crippen LogP contribution in [0.25, 0.3) is 0 Å². The van der Waals surface area contributed by atoms with E-state index < -0.39 is 11.4 Å². The number of carbonyl (C=O) groups is 1. The molecular formula is C11H12FNO2. The van der Waals surface area contributed by atoms with Gasteiger partial charge >= 0.3 is 0 Å². The van der Waals surface area contributed by atoms with Gasteiger partial charge in [0.15, 0.2) is 0 Å².